The lowest BCUT2D eigenvalue weighted by atomic mass is 10.2. The highest BCUT2D eigenvalue weighted by molar-refractivity contribution is 6.00. The van der Waals surface area contributed by atoms with Gasteiger partial charge >= 0.3 is 11.9 Å². The van der Waals surface area contributed by atoms with E-state index in [1.807, 2.05) is 6.92 Å². The number of methoxy groups -OCH3 is 2. The van der Waals surface area contributed by atoms with E-state index in [1.54, 1.807) is 24.3 Å². The van der Waals surface area contributed by atoms with Crippen LogP contribution in [-0.4, -0.2) is 47.8 Å². The van der Waals surface area contributed by atoms with Crippen molar-refractivity contribution in [3.05, 3.63) is 35.7 Å². The molecule has 2 rings (SSSR count). The topological polar surface area (TPSA) is 92.5 Å². The Labute approximate surface area is 126 Å². The fourth-order valence-corrected chi connectivity index (χ4v) is 1.83. The number of carbonyl (C=O) groups is 2. The van der Waals surface area contributed by atoms with E-state index in [2.05, 4.69) is 19.8 Å². The van der Waals surface area contributed by atoms with Crippen molar-refractivity contribution in [1.82, 2.24) is 15.0 Å². The van der Waals surface area contributed by atoms with Crippen LogP contribution in [0.2, 0.25) is 0 Å². The summed E-state index contributed by atoms with van der Waals surface area (Å²) in [6, 6.07) is 6.82. The fourth-order valence-electron chi connectivity index (χ4n) is 1.83. The molecule has 116 valence electrons. The second kappa shape index (κ2) is 6.70. The highest BCUT2D eigenvalue weighted by atomic mass is 16.5. The summed E-state index contributed by atoms with van der Waals surface area (Å²) in [5, 5.41) is 7.52. The standard InChI is InChI=1S/C14H15N3O5/c1-4-22-10-7-5-9(6-8-10)17-12(14(19)21-3)11(15-16-17)13(18)20-2/h5-8H,4H2,1-3H3. The maximum atomic E-state index is 11.9. The lowest BCUT2D eigenvalue weighted by Crippen LogP contribution is -2.15. The molecule has 0 bridgehead atoms. The number of rotatable bonds is 5. The van der Waals surface area contributed by atoms with Crippen molar-refractivity contribution in [2.75, 3.05) is 20.8 Å². The van der Waals surface area contributed by atoms with E-state index in [4.69, 9.17) is 4.74 Å². The number of ether oxygens (including phenoxy) is 3. The van der Waals surface area contributed by atoms with Gasteiger partial charge in [-0.05, 0) is 31.2 Å². The van der Waals surface area contributed by atoms with Crippen LogP contribution in [0.1, 0.15) is 27.9 Å². The third kappa shape index (κ3) is 2.90. The normalized spacial score (nSPS) is 10.1. The van der Waals surface area contributed by atoms with Gasteiger partial charge in [0.05, 0.1) is 26.5 Å². The first-order valence-corrected chi connectivity index (χ1v) is 6.48. The molecule has 0 atom stereocenters. The molecule has 0 aliphatic heterocycles. The molecule has 1 aromatic heterocycles. The van der Waals surface area contributed by atoms with E-state index in [0.717, 1.165) is 0 Å². The van der Waals surface area contributed by atoms with E-state index in [9.17, 15) is 9.59 Å². The number of nitrogens with zero attached hydrogens (tertiary/aromatic N) is 3. The van der Waals surface area contributed by atoms with Crippen LogP contribution in [0.25, 0.3) is 5.69 Å². The molecule has 1 aromatic carbocycles. The summed E-state index contributed by atoms with van der Waals surface area (Å²) in [6.45, 7) is 2.42. The van der Waals surface area contributed by atoms with Crippen LogP contribution in [0.4, 0.5) is 0 Å². The van der Waals surface area contributed by atoms with Crippen molar-refractivity contribution in [2.24, 2.45) is 0 Å². The zero-order valence-corrected chi connectivity index (χ0v) is 12.4. The lowest BCUT2D eigenvalue weighted by Gasteiger charge is -2.07. The summed E-state index contributed by atoms with van der Waals surface area (Å²) in [5.41, 5.74) is 0.230. The molecule has 0 saturated carbocycles. The summed E-state index contributed by atoms with van der Waals surface area (Å²) in [5.74, 6) is -0.823. The van der Waals surface area contributed by atoms with Gasteiger partial charge in [-0.25, -0.2) is 14.3 Å². The molecular formula is C14H15N3O5. The van der Waals surface area contributed by atoms with Crippen LogP contribution in [-0.2, 0) is 9.47 Å². The molecule has 8 heteroatoms. The van der Waals surface area contributed by atoms with Gasteiger partial charge in [0.25, 0.3) is 0 Å². The second-order valence-electron chi connectivity index (χ2n) is 4.11. The number of aromatic nitrogens is 3. The summed E-state index contributed by atoms with van der Waals surface area (Å²) < 4.78 is 15.8. The molecule has 0 spiro atoms. The average Bonchev–Trinajstić information content (AvgIpc) is 2.99. The molecule has 0 amide bonds. The van der Waals surface area contributed by atoms with Crippen molar-refractivity contribution >= 4 is 11.9 Å². The summed E-state index contributed by atoms with van der Waals surface area (Å²) in [4.78, 5) is 23.6. The minimum Gasteiger partial charge on any atom is -0.494 e. The molecule has 0 N–H and O–H groups in total. The number of esters is 2. The largest absolute Gasteiger partial charge is 0.494 e. The van der Waals surface area contributed by atoms with Crippen molar-refractivity contribution in [2.45, 2.75) is 6.92 Å². The molecule has 0 unspecified atom stereocenters. The van der Waals surface area contributed by atoms with Crippen molar-refractivity contribution in [3.63, 3.8) is 0 Å². The van der Waals surface area contributed by atoms with Gasteiger partial charge in [-0.3, -0.25) is 0 Å². The maximum Gasteiger partial charge on any atom is 0.361 e. The van der Waals surface area contributed by atoms with Gasteiger partial charge in [-0.2, -0.15) is 0 Å². The zero-order chi connectivity index (χ0) is 16.1. The quantitative estimate of drug-likeness (QED) is 0.767. The third-order valence-corrected chi connectivity index (χ3v) is 2.82. The molecule has 0 saturated heterocycles. The summed E-state index contributed by atoms with van der Waals surface area (Å²) in [6.07, 6.45) is 0. The Hall–Kier alpha value is -2.90. The fraction of sp³-hybridized carbons (Fsp3) is 0.286. The van der Waals surface area contributed by atoms with E-state index >= 15 is 0 Å². The Bertz CT molecular complexity index is 678. The van der Waals surface area contributed by atoms with Gasteiger partial charge in [0, 0.05) is 0 Å². The van der Waals surface area contributed by atoms with Gasteiger partial charge in [0.1, 0.15) is 5.75 Å². The number of benzene rings is 1. The zero-order valence-electron chi connectivity index (χ0n) is 12.4. The SMILES string of the molecule is CCOc1ccc(-n2nnc(C(=O)OC)c2C(=O)OC)cc1. The third-order valence-electron chi connectivity index (χ3n) is 2.82. The van der Waals surface area contributed by atoms with Crippen molar-refractivity contribution in [1.29, 1.82) is 0 Å². The molecule has 0 aliphatic rings. The highest BCUT2D eigenvalue weighted by Crippen LogP contribution is 2.18. The molecule has 0 aliphatic carbocycles. The first-order valence-electron chi connectivity index (χ1n) is 6.48. The van der Waals surface area contributed by atoms with Crippen LogP contribution in [0.15, 0.2) is 24.3 Å². The van der Waals surface area contributed by atoms with E-state index in [1.165, 1.54) is 18.9 Å². The average molecular weight is 305 g/mol. The smallest absolute Gasteiger partial charge is 0.361 e. The Morgan fingerprint density at radius 2 is 1.73 bits per heavy atom. The minimum absolute atomic E-state index is 0.0986. The van der Waals surface area contributed by atoms with Gasteiger partial charge in [-0.1, -0.05) is 5.21 Å². The van der Waals surface area contributed by atoms with E-state index < -0.39 is 11.9 Å². The molecular weight excluding hydrogens is 290 g/mol. The minimum atomic E-state index is -0.766. The monoisotopic (exact) mass is 305 g/mol. The molecule has 0 fully saturated rings. The van der Waals surface area contributed by atoms with Crippen LogP contribution in [0, 0.1) is 0 Å². The molecule has 22 heavy (non-hydrogen) atoms. The number of hydrogen-bond donors (Lipinski definition) is 0. The summed E-state index contributed by atoms with van der Waals surface area (Å²) >= 11 is 0. The predicted molar refractivity (Wildman–Crippen MR) is 75.2 cm³/mol. The second-order valence-corrected chi connectivity index (χ2v) is 4.11. The highest BCUT2D eigenvalue weighted by Gasteiger charge is 2.27. The Balaban J connectivity index is 2.48. The van der Waals surface area contributed by atoms with Crippen molar-refractivity contribution in [3.8, 4) is 11.4 Å². The molecule has 8 nitrogen and oxygen atoms in total. The number of carbonyl (C=O) groups excluding carboxylic acids is 2. The van der Waals surface area contributed by atoms with Gasteiger partial charge in [0.15, 0.2) is 5.69 Å². The predicted octanol–water partition coefficient (Wildman–Crippen LogP) is 1.24. The molecule has 2 aromatic rings. The van der Waals surface area contributed by atoms with E-state index in [0.29, 0.717) is 18.0 Å². The first-order chi connectivity index (χ1) is 10.6. The number of hydrogen-bond acceptors (Lipinski definition) is 7. The maximum absolute atomic E-state index is 11.9. The lowest BCUT2D eigenvalue weighted by molar-refractivity contribution is 0.0546. The Morgan fingerprint density at radius 3 is 2.27 bits per heavy atom. The van der Waals surface area contributed by atoms with Crippen LogP contribution in [0.3, 0.4) is 0 Å². The van der Waals surface area contributed by atoms with Crippen LogP contribution < -0.4 is 4.74 Å². The van der Waals surface area contributed by atoms with Crippen LogP contribution in [0.5, 0.6) is 5.75 Å². The van der Waals surface area contributed by atoms with E-state index in [-0.39, 0.29) is 11.4 Å². The van der Waals surface area contributed by atoms with Gasteiger partial charge in [0.2, 0.25) is 5.69 Å². The summed E-state index contributed by atoms with van der Waals surface area (Å²) in [7, 11) is 2.40. The first kappa shape index (κ1) is 15.5. The van der Waals surface area contributed by atoms with Crippen LogP contribution >= 0.6 is 0 Å². The molecule has 0 radical (unpaired) electrons. The Morgan fingerprint density at radius 1 is 1.09 bits per heavy atom. The van der Waals surface area contributed by atoms with Crippen molar-refractivity contribution < 1.29 is 23.8 Å². The van der Waals surface area contributed by atoms with Gasteiger partial charge < -0.3 is 14.2 Å². The molecule has 1 heterocycles. The Kier molecular flexibility index (Phi) is 4.72. The van der Waals surface area contributed by atoms with Gasteiger partial charge in [-0.15, -0.1) is 5.10 Å².